The third kappa shape index (κ3) is 1.42. The molecule has 4 heteroatoms. The van der Waals surface area contributed by atoms with E-state index in [1.807, 2.05) is 24.5 Å². The van der Waals surface area contributed by atoms with E-state index in [-0.39, 0.29) is 11.7 Å². The quantitative estimate of drug-likeness (QED) is 0.561. The highest BCUT2D eigenvalue weighted by Crippen LogP contribution is 2.26. The summed E-state index contributed by atoms with van der Waals surface area (Å²) in [6.07, 6.45) is 1.96. The topological polar surface area (TPSA) is 43.1 Å². The Morgan fingerprint density at radius 1 is 1.50 bits per heavy atom. The number of carbonyl (C=O) groups excluding carboxylic acids is 1. The number of oxazole rings is 1. The first-order chi connectivity index (χ1) is 6.72. The molecule has 0 N–H and O–H groups in total. The molecule has 2 rings (SSSR count). The maximum atomic E-state index is 11.1. The molecule has 1 aromatic carbocycles. The number of hydrogen-bond donors (Lipinski definition) is 0. The number of hydrogen-bond acceptors (Lipinski definition) is 4. The van der Waals surface area contributed by atoms with Crippen molar-refractivity contribution in [2.75, 3.05) is 6.26 Å². The normalized spacial score (nSPS) is 10.7. The van der Waals surface area contributed by atoms with Crippen molar-refractivity contribution in [3.8, 4) is 0 Å². The van der Waals surface area contributed by atoms with Gasteiger partial charge in [0.25, 0.3) is 5.89 Å². The van der Waals surface area contributed by atoms with Crippen molar-refractivity contribution in [1.29, 1.82) is 0 Å². The zero-order chi connectivity index (χ0) is 10.1. The Hall–Kier alpha value is -1.29. The lowest BCUT2D eigenvalue weighted by Crippen LogP contribution is -1.89. The highest BCUT2D eigenvalue weighted by Gasteiger charge is 2.11. The second-order valence-electron chi connectivity index (χ2n) is 2.88. The number of thioether (sulfide) groups is 1. The van der Waals surface area contributed by atoms with Crippen LogP contribution in [0.3, 0.4) is 0 Å². The monoisotopic (exact) mass is 207 g/mol. The van der Waals surface area contributed by atoms with Gasteiger partial charge >= 0.3 is 0 Å². The summed E-state index contributed by atoms with van der Waals surface area (Å²) in [4.78, 5) is 16.1. The third-order valence-electron chi connectivity index (χ3n) is 1.90. The van der Waals surface area contributed by atoms with Crippen molar-refractivity contribution in [3.63, 3.8) is 0 Å². The molecule has 0 aliphatic carbocycles. The molecule has 1 heterocycles. The molecule has 72 valence electrons. The van der Waals surface area contributed by atoms with E-state index in [1.165, 1.54) is 6.92 Å². The van der Waals surface area contributed by atoms with Crippen LogP contribution in [0.2, 0.25) is 0 Å². The summed E-state index contributed by atoms with van der Waals surface area (Å²) in [7, 11) is 0. The van der Waals surface area contributed by atoms with Gasteiger partial charge in [0.05, 0.1) is 4.90 Å². The van der Waals surface area contributed by atoms with E-state index in [0.29, 0.717) is 5.58 Å². The molecular formula is C10H9NO2S. The van der Waals surface area contributed by atoms with Crippen molar-refractivity contribution >= 4 is 28.6 Å². The molecule has 0 bridgehead atoms. The van der Waals surface area contributed by atoms with Crippen molar-refractivity contribution in [2.45, 2.75) is 11.8 Å². The lowest BCUT2D eigenvalue weighted by Gasteiger charge is -1.93. The van der Waals surface area contributed by atoms with E-state index in [2.05, 4.69) is 4.98 Å². The Morgan fingerprint density at radius 3 is 2.93 bits per heavy atom. The van der Waals surface area contributed by atoms with Crippen LogP contribution in [0.5, 0.6) is 0 Å². The zero-order valence-electron chi connectivity index (χ0n) is 7.90. The predicted octanol–water partition coefficient (Wildman–Crippen LogP) is 2.75. The summed E-state index contributed by atoms with van der Waals surface area (Å²) >= 11 is 1.58. The van der Waals surface area contributed by atoms with Crippen LogP contribution < -0.4 is 0 Å². The molecule has 0 aliphatic heterocycles. The summed E-state index contributed by atoms with van der Waals surface area (Å²) in [6.45, 7) is 1.45. The van der Waals surface area contributed by atoms with Crippen LogP contribution in [0, 0.1) is 0 Å². The standard InChI is InChI=1S/C10H9NO2S/c1-6(12)10-11-7-4-3-5-8(14-2)9(7)13-10/h3-5H,1-2H3. The minimum Gasteiger partial charge on any atom is -0.432 e. The Morgan fingerprint density at radius 2 is 2.29 bits per heavy atom. The number of ketones is 1. The molecule has 0 saturated heterocycles. The summed E-state index contributed by atoms with van der Waals surface area (Å²) < 4.78 is 5.37. The Kier molecular flexibility index (Phi) is 2.29. The second-order valence-corrected chi connectivity index (χ2v) is 3.73. The largest absolute Gasteiger partial charge is 0.432 e. The van der Waals surface area contributed by atoms with Gasteiger partial charge in [-0.3, -0.25) is 4.79 Å². The summed E-state index contributed by atoms with van der Waals surface area (Å²) in [5, 5.41) is 0. The van der Waals surface area contributed by atoms with E-state index in [0.717, 1.165) is 10.4 Å². The number of carbonyl (C=O) groups is 1. The fourth-order valence-corrected chi connectivity index (χ4v) is 1.78. The number of para-hydroxylation sites is 1. The number of aromatic nitrogens is 1. The molecule has 0 amide bonds. The van der Waals surface area contributed by atoms with E-state index in [9.17, 15) is 4.79 Å². The van der Waals surface area contributed by atoms with Gasteiger partial charge in [0.15, 0.2) is 5.58 Å². The molecule has 14 heavy (non-hydrogen) atoms. The third-order valence-corrected chi connectivity index (χ3v) is 2.66. The molecule has 0 aliphatic rings. The van der Waals surface area contributed by atoms with Crippen LogP contribution in [-0.4, -0.2) is 17.0 Å². The number of nitrogens with zero attached hydrogens (tertiary/aromatic N) is 1. The fraction of sp³-hybridized carbons (Fsp3) is 0.200. The van der Waals surface area contributed by atoms with Gasteiger partial charge in [-0.1, -0.05) is 6.07 Å². The van der Waals surface area contributed by atoms with Crippen molar-refractivity contribution < 1.29 is 9.21 Å². The number of fused-ring (bicyclic) bond motifs is 1. The minimum absolute atomic E-state index is 0.145. The summed E-state index contributed by atoms with van der Waals surface area (Å²) in [5.74, 6) is 0.0368. The van der Waals surface area contributed by atoms with Crippen LogP contribution in [0.1, 0.15) is 17.6 Å². The SMILES string of the molecule is CSc1cccc2nc(C(C)=O)oc12. The Labute approximate surface area is 85.5 Å². The molecule has 0 unspecified atom stereocenters. The Balaban J connectivity index is 2.70. The van der Waals surface area contributed by atoms with Crippen molar-refractivity contribution in [1.82, 2.24) is 4.98 Å². The molecule has 2 aromatic rings. The first-order valence-corrected chi connectivity index (χ1v) is 5.39. The highest BCUT2D eigenvalue weighted by molar-refractivity contribution is 7.98. The lowest BCUT2D eigenvalue weighted by atomic mass is 10.3. The van der Waals surface area contributed by atoms with Crippen LogP contribution in [0.4, 0.5) is 0 Å². The summed E-state index contributed by atoms with van der Waals surface area (Å²) in [6, 6.07) is 5.69. The van der Waals surface area contributed by atoms with Gasteiger partial charge in [0.1, 0.15) is 5.52 Å². The average Bonchev–Trinajstić information content (AvgIpc) is 2.60. The van der Waals surface area contributed by atoms with E-state index < -0.39 is 0 Å². The zero-order valence-corrected chi connectivity index (χ0v) is 8.72. The molecule has 3 nitrogen and oxygen atoms in total. The molecule has 0 saturated carbocycles. The van der Waals surface area contributed by atoms with E-state index >= 15 is 0 Å². The van der Waals surface area contributed by atoms with E-state index in [4.69, 9.17) is 4.42 Å². The fourth-order valence-electron chi connectivity index (χ4n) is 1.24. The predicted molar refractivity (Wildman–Crippen MR) is 55.8 cm³/mol. The average molecular weight is 207 g/mol. The highest BCUT2D eigenvalue weighted by atomic mass is 32.2. The van der Waals surface area contributed by atoms with Crippen LogP contribution in [0.25, 0.3) is 11.1 Å². The van der Waals surface area contributed by atoms with Gasteiger partial charge in [-0.05, 0) is 18.4 Å². The molecule has 1 aromatic heterocycles. The van der Waals surface area contributed by atoms with Gasteiger partial charge in [0.2, 0.25) is 5.78 Å². The maximum absolute atomic E-state index is 11.1. The molecule has 0 spiro atoms. The first kappa shape index (κ1) is 9.27. The van der Waals surface area contributed by atoms with Crippen molar-refractivity contribution in [2.24, 2.45) is 0 Å². The van der Waals surface area contributed by atoms with E-state index in [1.54, 1.807) is 11.8 Å². The Bertz CT molecular complexity index is 490. The van der Waals surface area contributed by atoms with Crippen LogP contribution in [0.15, 0.2) is 27.5 Å². The lowest BCUT2D eigenvalue weighted by molar-refractivity contribution is 0.0982. The molecule has 0 fully saturated rings. The van der Waals surface area contributed by atoms with Gasteiger partial charge in [0, 0.05) is 6.92 Å². The van der Waals surface area contributed by atoms with Crippen LogP contribution in [-0.2, 0) is 0 Å². The first-order valence-electron chi connectivity index (χ1n) is 4.17. The molecular weight excluding hydrogens is 198 g/mol. The van der Waals surface area contributed by atoms with Crippen LogP contribution >= 0.6 is 11.8 Å². The molecule has 0 atom stereocenters. The smallest absolute Gasteiger partial charge is 0.263 e. The minimum atomic E-state index is -0.145. The van der Waals surface area contributed by atoms with Gasteiger partial charge in [-0.25, -0.2) is 4.98 Å². The molecule has 0 radical (unpaired) electrons. The van der Waals surface area contributed by atoms with Gasteiger partial charge < -0.3 is 4.42 Å². The number of benzene rings is 1. The second kappa shape index (κ2) is 3.46. The summed E-state index contributed by atoms with van der Waals surface area (Å²) in [5.41, 5.74) is 1.44. The maximum Gasteiger partial charge on any atom is 0.263 e. The number of Topliss-reactive ketones (excluding diaryl/α,β-unsaturated/α-hetero) is 1. The van der Waals surface area contributed by atoms with Crippen molar-refractivity contribution in [3.05, 3.63) is 24.1 Å². The van der Waals surface area contributed by atoms with Gasteiger partial charge in [-0.2, -0.15) is 0 Å². The van der Waals surface area contributed by atoms with Gasteiger partial charge in [-0.15, -0.1) is 11.8 Å². The number of rotatable bonds is 2.